The summed E-state index contributed by atoms with van der Waals surface area (Å²) in [5.41, 5.74) is 6.96. The number of likely N-dealkylation sites (N-methyl/N-ethyl adjacent to an activating group) is 1. The second-order valence-corrected chi connectivity index (χ2v) is 10.1. The van der Waals surface area contributed by atoms with Gasteiger partial charge in [-0.15, -0.1) is 0 Å². The van der Waals surface area contributed by atoms with Crippen LogP contribution in [0.3, 0.4) is 0 Å². The van der Waals surface area contributed by atoms with E-state index in [4.69, 9.17) is 17.0 Å². The SMILES string of the molecule is CCOc1ccc(N2C(=S)NC(c3ccccn3)C2c2ccc3c(c2)C(C)=CC(C)(C)N3C)cc1. The van der Waals surface area contributed by atoms with Crippen LogP contribution in [0, 0.1) is 0 Å². The van der Waals surface area contributed by atoms with Crippen LogP contribution in [0.1, 0.15) is 56.6 Å². The topological polar surface area (TPSA) is 40.6 Å². The average Bonchev–Trinajstić information content (AvgIpc) is 3.20. The number of aromatic nitrogens is 1. The predicted octanol–water partition coefficient (Wildman–Crippen LogP) is 6.29. The fourth-order valence-electron chi connectivity index (χ4n) is 5.20. The van der Waals surface area contributed by atoms with E-state index in [0.717, 1.165) is 17.1 Å². The van der Waals surface area contributed by atoms with E-state index < -0.39 is 0 Å². The number of hydrogen-bond acceptors (Lipinski definition) is 4. The van der Waals surface area contributed by atoms with Gasteiger partial charge in [0.25, 0.3) is 0 Å². The van der Waals surface area contributed by atoms with Crippen molar-refractivity contribution < 1.29 is 4.74 Å². The van der Waals surface area contributed by atoms with Crippen molar-refractivity contribution in [1.29, 1.82) is 0 Å². The number of hydrogen-bond donors (Lipinski definition) is 1. The lowest BCUT2D eigenvalue weighted by molar-refractivity contribution is 0.340. The first kappa shape index (κ1) is 23.4. The zero-order chi connectivity index (χ0) is 24.7. The summed E-state index contributed by atoms with van der Waals surface area (Å²) in [6.45, 7) is 9.33. The van der Waals surface area contributed by atoms with Gasteiger partial charge in [0.1, 0.15) is 5.75 Å². The number of pyridine rings is 1. The lowest BCUT2D eigenvalue weighted by atomic mass is 9.86. The van der Waals surface area contributed by atoms with Crippen LogP contribution in [0.2, 0.25) is 0 Å². The minimum atomic E-state index is -0.0737. The maximum Gasteiger partial charge on any atom is 0.174 e. The Morgan fingerprint density at radius 2 is 1.86 bits per heavy atom. The van der Waals surface area contributed by atoms with Crippen LogP contribution in [0.25, 0.3) is 5.57 Å². The van der Waals surface area contributed by atoms with E-state index >= 15 is 0 Å². The van der Waals surface area contributed by atoms with Crippen LogP contribution in [-0.4, -0.2) is 29.3 Å². The maximum atomic E-state index is 5.89. The van der Waals surface area contributed by atoms with Gasteiger partial charge < -0.3 is 19.9 Å². The number of nitrogens with one attached hydrogen (secondary N) is 1. The Morgan fingerprint density at radius 3 is 2.54 bits per heavy atom. The minimum Gasteiger partial charge on any atom is -0.494 e. The standard InChI is InChI=1S/C29H32N4OS/c1-6-34-22-13-11-21(12-14-22)33-27(26(31-28(33)35)24-9-7-8-16-30-24)20-10-15-25-23(17-20)19(2)18-29(3,4)32(25)5/h7-18,26-27H,6H2,1-5H3,(H,31,35). The van der Waals surface area contributed by atoms with Crippen molar-refractivity contribution >= 4 is 34.3 Å². The fourth-order valence-corrected chi connectivity index (χ4v) is 5.55. The molecule has 2 aliphatic rings. The molecule has 0 spiro atoms. The smallest absolute Gasteiger partial charge is 0.174 e. The summed E-state index contributed by atoms with van der Waals surface area (Å²) >= 11 is 5.89. The molecule has 0 saturated carbocycles. The summed E-state index contributed by atoms with van der Waals surface area (Å²) in [7, 11) is 2.16. The number of benzene rings is 2. The van der Waals surface area contributed by atoms with Gasteiger partial charge in [-0.05, 0) is 99.6 Å². The van der Waals surface area contributed by atoms with Crippen LogP contribution >= 0.6 is 12.2 Å². The van der Waals surface area contributed by atoms with E-state index in [0.29, 0.717) is 11.7 Å². The van der Waals surface area contributed by atoms with E-state index in [-0.39, 0.29) is 17.6 Å². The van der Waals surface area contributed by atoms with Gasteiger partial charge in [-0.3, -0.25) is 4.98 Å². The monoisotopic (exact) mass is 484 g/mol. The molecule has 3 aromatic rings. The molecular formula is C29H32N4OS. The van der Waals surface area contributed by atoms with Gasteiger partial charge in [0.2, 0.25) is 0 Å². The van der Waals surface area contributed by atoms with Crippen molar-refractivity contribution in [1.82, 2.24) is 10.3 Å². The Hall–Kier alpha value is -3.38. The Kier molecular flexibility index (Phi) is 6.01. The quantitative estimate of drug-likeness (QED) is 0.429. The van der Waals surface area contributed by atoms with E-state index in [1.807, 2.05) is 37.4 Å². The molecule has 2 aromatic carbocycles. The van der Waals surface area contributed by atoms with Gasteiger partial charge >= 0.3 is 0 Å². The molecule has 0 amide bonds. The van der Waals surface area contributed by atoms with E-state index in [1.54, 1.807) is 0 Å². The minimum absolute atomic E-state index is 0.0279. The molecule has 0 aliphatic carbocycles. The highest BCUT2D eigenvalue weighted by Crippen LogP contribution is 2.45. The molecule has 1 saturated heterocycles. The summed E-state index contributed by atoms with van der Waals surface area (Å²) < 4.78 is 5.67. The van der Waals surface area contributed by atoms with Crippen molar-refractivity contribution in [3.8, 4) is 5.75 Å². The van der Waals surface area contributed by atoms with E-state index in [9.17, 15) is 0 Å². The number of thiocarbonyl (C=S) groups is 1. The molecule has 2 aliphatic heterocycles. The van der Waals surface area contributed by atoms with Crippen LogP contribution in [0.5, 0.6) is 5.75 Å². The maximum absolute atomic E-state index is 5.89. The molecule has 180 valence electrons. The molecular weight excluding hydrogens is 452 g/mol. The molecule has 35 heavy (non-hydrogen) atoms. The normalized spacial score (nSPS) is 20.8. The van der Waals surface area contributed by atoms with Gasteiger partial charge in [-0.2, -0.15) is 0 Å². The Balaban J connectivity index is 1.62. The molecule has 5 rings (SSSR count). The van der Waals surface area contributed by atoms with Crippen molar-refractivity contribution in [3.05, 3.63) is 89.8 Å². The van der Waals surface area contributed by atoms with Gasteiger partial charge in [-0.25, -0.2) is 0 Å². The molecule has 2 unspecified atom stereocenters. The Bertz CT molecular complexity index is 1270. The number of anilines is 2. The van der Waals surface area contributed by atoms with Crippen molar-refractivity contribution in [2.75, 3.05) is 23.5 Å². The van der Waals surface area contributed by atoms with E-state index in [2.05, 4.69) is 90.4 Å². The molecule has 2 atom stereocenters. The van der Waals surface area contributed by atoms with Crippen molar-refractivity contribution in [2.24, 2.45) is 0 Å². The summed E-state index contributed by atoms with van der Waals surface area (Å²) in [6.07, 6.45) is 4.19. The third-order valence-corrected chi connectivity index (χ3v) is 7.42. The number of ether oxygens (including phenoxy) is 1. The molecule has 6 heteroatoms. The summed E-state index contributed by atoms with van der Waals surface area (Å²) in [6, 6.07) is 20.9. The van der Waals surface area contributed by atoms with Gasteiger partial charge in [0.15, 0.2) is 5.11 Å². The largest absolute Gasteiger partial charge is 0.494 e. The van der Waals surface area contributed by atoms with Gasteiger partial charge in [0.05, 0.1) is 29.9 Å². The molecule has 1 fully saturated rings. The lowest BCUT2D eigenvalue weighted by Crippen LogP contribution is -2.42. The third kappa shape index (κ3) is 4.16. The predicted molar refractivity (Wildman–Crippen MR) is 148 cm³/mol. The molecule has 5 nitrogen and oxygen atoms in total. The number of fused-ring (bicyclic) bond motifs is 1. The molecule has 1 N–H and O–H groups in total. The molecule has 0 bridgehead atoms. The second kappa shape index (κ2) is 9.00. The highest BCUT2D eigenvalue weighted by atomic mass is 32.1. The zero-order valence-electron chi connectivity index (χ0n) is 20.9. The Morgan fingerprint density at radius 1 is 1.09 bits per heavy atom. The van der Waals surface area contributed by atoms with Crippen LogP contribution in [0.4, 0.5) is 11.4 Å². The molecule has 1 aromatic heterocycles. The first-order valence-electron chi connectivity index (χ1n) is 12.1. The van der Waals surface area contributed by atoms with E-state index in [1.165, 1.54) is 22.4 Å². The molecule has 3 heterocycles. The first-order valence-corrected chi connectivity index (χ1v) is 12.5. The fraction of sp³-hybridized carbons (Fsp3) is 0.310. The Labute approximate surface area is 213 Å². The summed E-state index contributed by atoms with van der Waals surface area (Å²) in [5, 5.41) is 4.25. The van der Waals surface area contributed by atoms with Crippen LogP contribution in [-0.2, 0) is 0 Å². The highest BCUT2D eigenvalue weighted by Gasteiger charge is 2.41. The van der Waals surface area contributed by atoms with Gasteiger partial charge in [-0.1, -0.05) is 18.2 Å². The van der Waals surface area contributed by atoms with Crippen molar-refractivity contribution in [3.63, 3.8) is 0 Å². The molecule has 0 radical (unpaired) electrons. The van der Waals surface area contributed by atoms with Gasteiger partial charge in [0, 0.05) is 30.2 Å². The number of nitrogens with zero attached hydrogens (tertiary/aromatic N) is 3. The zero-order valence-corrected chi connectivity index (χ0v) is 21.8. The third-order valence-electron chi connectivity index (χ3n) is 7.11. The van der Waals surface area contributed by atoms with Crippen LogP contribution < -0.4 is 19.9 Å². The summed E-state index contributed by atoms with van der Waals surface area (Å²) in [5.74, 6) is 0.854. The van der Waals surface area contributed by atoms with Crippen LogP contribution in [0.15, 0.2) is 72.9 Å². The van der Waals surface area contributed by atoms with Crippen molar-refractivity contribution in [2.45, 2.75) is 45.3 Å². The number of allylic oxidation sites excluding steroid dienone is 1. The second-order valence-electron chi connectivity index (χ2n) is 9.74. The lowest BCUT2D eigenvalue weighted by Gasteiger charge is -2.41. The average molecular weight is 485 g/mol. The summed E-state index contributed by atoms with van der Waals surface area (Å²) in [4.78, 5) is 9.24. The number of rotatable bonds is 5. The first-order chi connectivity index (χ1) is 16.8. The highest BCUT2D eigenvalue weighted by molar-refractivity contribution is 7.80.